The summed E-state index contributed by atoms with van der Waals surface area (Å²) >= 11 is 0. The van der Waals surface area contributed by atoms with Crippen LogP contribution in [0.15, 0.2) is 97.1 Å². The lowest BCUT2D eigenvalue weighted by Gasteiger charge is -2.33. The largest absolute Gasteiger partial charge is 0.0727 e. The zero-order valence-corrected chi connectivity index (χ0v) is 19.2. The van der Waals surface area contributed by atoms with Crippen LogP contribution >= 0.6 is 0 Å². The fourth-order valence-electron chi connectivity index (χ4n) is 5.54. The van der Waals surface area contributed by atoms with E-state index in [1.807, 2.05) is 0 Å². The Kier molecular flexibility index (Phi) is 4.77. The van der Waals surface area contributed by atoms with Gasteiger partial charge in [0.1, 0.15) is 0 Å². The number of benzene rings is 4. The molecule has 2 aliphatic rings. The molecule has 0 spiro atoms. The number of hydrogen-bond acceptors (Lipinski definition) is 0. The lowest BCUT2D eigenvalue weighted by molar-refractivity contribution is 1.00. The molecule has 0 saturated carbocycles. The molecule has 0 unspecified atom stereocenters. The smallest absolute Gasteiger partial charge is 0.0695 e. The third kappa shape index (κ3) is 3.13. The van der Waals surface area contributed by atoms with E-state index in [0.717, 1.165) is 0 Å². The molecule has 4 aromatic carbocycles. The van der Waals surface area contributed by atoms with Gasteiger partial charge in [0.05, 0.1) is 8.80 Å². The summed E-state index contributed by atoms with van der Waals surface area (Å²) in [5, 5.41) is 0. The summed E-state index contributed by atoms with van der Waals surface area (Å²) < 4.78 is 0. The number of hydrogen-bond donors (Lipinski definition) is 0. The molecule has 6 rings (SSSR count). The van der Waals surface area contributed by atoms with E-state index in [2.05, 4.69) is 128 Å². The van der Waals surface area contributed by atoms with Crippen molar-refractivity contribution in [1.29, 1.82) is 0 Å². The Balaban J connectivity index is 1.60. The van der Waals surface area contributed by atoms with Crippen LogP contribution < -0.4 is 0 Å². The van der Waals surface area contributed by atoms with Gasteiger partial charge in [-0.05, 0) is 44.5 Å². The second-order valence-electron chi connectivity index (χ2n) is 8.79. The van der Waals surface area contributed by atoms with Crippen LogP contribution in [0.5, 0.6) is 0 Å². The van der Waals surface area contributed by atoms with Gasteiger partial charge in [-0.3, -0.25) is 0 Å². The van der Waals surface area contributed by atoms with Crippen molar-refractivity contribution in [1.82, 2.24) is 0 Å². The van der Waals surface area contributed by atoms with Gasteiger partial charge in [-0.15, -0.1) is 0 Å². The van der Waals surface area contributed by atoms with Crippen molar-refractivity contribution in [3.63, 3.8) is 0 Å². The molecular weight excluding hydrogens is 400 g/mol. The molecule has 0 nitrogen and oxygen atoms in total. The monoisotopic (exact) mass is 425 g/mol. The van der Waals surface area contributed by atoms with Crippen LogP contribution in [0.4, 0.5) is 0 Å². The van der Waals surface area contributed by atoms with Crippen molar-refractivity contribution in [2.45, 2.75) is 17.6 Å². The molecule has 153 valence electrons. The Labute approximate surface area is 192 Å². The number of fused-ring (bicyclic) bond motifs is 4. The van der Waals surface area contributed by atoms with E-state index in [1.165, 1.54) is 44.5 Å². The van der Waals surface area contributed by atoms with Gasteiger partial charge in [-0.1, -0.05) is 128 Å². The summed E-state index contributed by atoms with van der Waals surface area (Å²) in [6, 6.07) is 36.0. The van der Waals surface area contributed by atoms with Gasteiger partial charge in [0, 0.05) is 11.1 Å². The summed E-state index contributed by atoms with van der Waals surface area (Å²) in [5.74, 6) is 0. The molecule has 0 saturated heterocycles. The normalized spacial score (nSPS) is 14.8. The highest BCUT2D eigenvalue weighted by Crippen LogP contribution is 2.44. The zero-order chi connectivity index (χ0) is 21.5. The van der Waals surface area contributed by atoms with Gasteiger partial charge >= 0.3 is 0 Å². The second kappa shape index (κ2) is 7.92. The van der Waals surface area contributed by atoms with Crippen LogP contribution in [-0.2, 0) is 0 Å². The highest BCUT2D eigenvalue weighted by molar-refractivity contribution is 6.62. The maximum absolute atomic E-state index is 2.55. The third-order valence-electron chi connectivity index (χ3n) is 7.02. The molecule has 1 heteroatoms. The number of rotatable bonds is 2. The molecule has 0 heterocycles. The predicted molar refractivity (Wildman–Crippen MR) is 139 cm³/mol. The molecule has 0 aliphatic heterocycles. The van der Waals surface area contributed by atoms with E-state index in [9.17, 15) is 0 Å². The van der Waals surface area contributed by atoms with Crippen LogP contribution in [0.3, 0.4) is 0 Å². The molecule has 0 aromatic heterocycles. The van der Waals surface area contributed by atoms with Crippen LogP contribution in [0.25, 0.3) is 24.3 Å². The maximum Gasteiger partial charge on any atom is 0.0727 e. The van der Waals surface area contributed by atoms with Crippen molar-refractivity contribution < 1.29 is 0 Å². The Bertz CT molecular complexity index is 1160. The molecule has 0 fully saturated rings. The van der Waals surface area contributed by atoms with Crippen LogP contribution in [0.1, 0.15) is 55.6 Å². The molecule has 0 bridgehead atoms. The van der Waals surface area contributed by atoms with Gasteiger partial charge in [0.15, 0.2) is 0 Å². The average molecular weight is 426 g/mol. The van der Waals surface area contributed by atoms with Crippen LogP contribution in [-0.4, -0.2) is 8.80 Å². The van der Waals surface area contributed by atoms with E-state index in [0.29, 0.717) is 11.1 Å². The summed E-state index contributed by atoms with van der Waals surface area (Å²) in [6.45, 7) is 2.55. The molecule has 0 amide bonds. The van der Waals surface area contributed by atoms with Gasteiger partial charge in [0.2, 0.25) is 0 Å². The lowest BCUT2D eigenvalue weighted by atomic mass is 9.98. The molecule has 4 aromatic rings. The van der Waals surface area contributed by atoms with E-state index in [1.54, 1.807) is 0 Å². The minimum absolute atomic E-state index is 0.409. The quantitative estimate of drug-likeness (QED) is 0.287. The van der Waals surface area contributed by atoms with Crippen molar-refractivity contribution >= 4 is 33.1 Å². The SMILES string of the molecule is C[Si](C1c2ccccc2C=Cc2ccccc21)C1c2ccccc2C=Cc2ccccc21. The fraction of sp³-hybridized carbons (Fsp3) is 0.0968. The van der Waals surface area contributed by atoms with Gasteiger partial charge in [-0.25, -0.2) is 0 Å². The van der Waals surface area contributed by atoms with Gasteiger partial charge in [-0.2, -0.15) is 0 Å². The standard InChI is InChI=1S/C31H25Si/c1-32(30-26-14-6-2-10-22(26)18-19-23-11-3-7-15-27(23)30)31-28-16-8-4-12-24(28)20-21-25-13-5-9-17-29(25)31/h2-21,30-31H,1H3. The van der Waals surface area contributed by atoms with Crippen molar-refractivity contribution in [2.75, 3.05) is 0 Å². The van der Waals surface area contributed by atoms with Crippen molar-refractivity contribution in [3.05, 3.63) is 142 Å². The highest BCUT2D eigenvalue weighted by atomic mass is 28.3. The first kappa shape index (κ1) is 19.3. The Morgan fingerprint density at radius 3 is 0.938 bits per heavy atom. The first-order valence-corrected chi connectivity index (χ1v) is 13.5. The Morgan fingerprint density at radius 2 is 0.656 bits per heavy atom. The Hall–Kier alpha value is -3.42. The highest BCUT2D eigenvalue weighted by Gasteiger charge is 2.36. The average Bonchev–Trinajstić information content (AvgIpc) is 3.12. The molecule has 2 aliphatic carbocycles. The lowest BCUT2D eigenvalue weighted by Crippen LogP contribution is -2.31. The molecule has 32 heavy (non-hydrogen) atoms. The fourth-order valence-corrected chi connectivity index (χ4v) is 8.89. The minimum Gasteiger partial charge on any atom is -0.0695 e. The zero-order valence-electron chi connectivity index (χ0n) is 18.2. The van der Waals surface area contributed by atoms with E-state index < -0.39 is 8.80 Å². The van der Waals surface area contributed by atoms with E-state index in [-0.39, 0.29) is 0 Å². The third-order valence-corrected chi connectivity index (χ3v) is 10.1. The summed E-state index contributed by atoms with van der Waals surface area (Å²) in [4.78, 5) is 0. The van der Waals surface area contributed by atoms with Crippen molar-refractivity contribution in [3.8, 4) is 0 Å². The molecule has 1 radical (unpaired) electrons. The molecular formula is C31H25Si. The molecule has 0 N–H and O–H groups in total. The summed E-state index contributed by atoms with van der Waals surface area (Å²) in [5.41, 5.74) is 12.1. The van der Waals surface area contributed by atoms with Gasteiger partial charge < -0.3 is 0 Å². The maximum atomic E-state index is 2.55. The predicted octanol–water partition coefficient (Wildman–Crippen LogP) is 7.82. The Morgan fingerprint density at radius 1 is 0.406 bits per heavy atom. The molecule has 0 atom stereocenters. The topological polar surface area (TPSA) is 0 Å². The summed E-state index contributed by atoms with van der Waals surface area (Å²) in [6.07, 6.45) is 9.22. The van der Waals surface area contributed by atoms with Gasteiger partial charge in [0.25, 0.3) is 0 Å². The van der Waals surface area contributed by atoms with E-state index >= 15 is 0 Å². The minimum atomic E-state index is -0.964. The van der Waals surface area contributed by atoms with Crippen LogP contribution in [0.2, 0.25) is 6.55 Å². The van der Waals surface area contributed by atoms with E-state index in [4.69, 9.17) is 0 Å². The second-order valence-corrected chi connectivity index (χ2v) is 11.4. The first-order chi connectivity index (χ1) is 15.8. The summed E-state index contributed by atoms with van der Waals surface area (Å²) in [7, 11) is -0.964. The van der Waals surface area contributed by atoms with Crippen molar-refractivity contribution in [2.24, 2.45) is 0 Å². The van der Waals surface area contributed by atoms with Crippen LogP contribution in [0, 0.1) is 0 Å². The first-order valence-electron chi connectivity index (χ1n) is 11.4.